The van der Waals surface area contributed by atoms with Gasteiger partial charge in [0.1, 0.15) is 5.54 Å². The molecule has 1 atom stereocenters. The van der Waals surface area contributed by atoms with E-state index in [1.165, 1.54) is 16.3 Å². The van der Waals surface area contributed by atoms with Crippen LogP contribution in [0.4, 0.5) is 0 Å². The summed E-state index contributed by atoms with van der Waals surface area (Å²) in [7, 11) is 0. The summed E-state index contributed by atoms with van der Waals surface area (Å²) < 4.78 is 0. The van der Waals surface area contributed by atoms with Gasteiger partial charge in [-0.15, -0.1) is 0 Å². The zero-order valence-electron chi connectivity index (χ0n) is 13.0. The average Bonchev–Trinajstić information content (AvgIpc) is 2.62. The summed E-state index contributed by atoms with van der Waals surface area (Å²) in [4.78, 5) is 13.1. The molecule has 0 amide bonds. The fourth-order valence-corrected chi connectivity index (χ4v) is 3.78. The first kappa shape index (κ1) is 14.2. The van der Waals surface area contributed by atoms with Crippen LogP contribution in [0.3, 0.4) is 0 Å². The summed E-state index contributed by atoms with van der Waals surface area (Å²) in [5, 5.41) is 2.43. The molecule has 2 N–H and O–H groups in total. The number of Topliss-reactive ketones (excluding diaryl/α,β-unsaturated/α-hetero) is 1. The first-order valence-electron chi connectivity index (χ1n) is 8.10. The van der Waals surface area contributed by atoms with Crippen LogP contribution in [0, 0.1) is 0 Å². The van der Waals surface area contributed by atoms with Gasteiger partial charge in [0, 0.05) is 5.56 Å². The monoisotopic (exact) mass is 301 g/mol. The Morgan fingerprint density at radius 3 is 2.48 bits per heavy atom. The largest absolute Gasteiger partial charge is 0.315 e. The molecule has 0 spiro atoms. The molecule has 0 saturated carbocycles. The number of nitrogens with two attached hydrogens (primary N) is 1. The highest BCUT2D eigenvalue weighted by molar-refractivity contribution is 6.05. The molecular weight excluding hydrogens is 282 g/mol. The van der Waals surface area contributed by atoms with E-state index in [0.29, 0.717) is 12.0 Å². The van der Waals surface area contributed by atoms with E-state index >= 15 is 0 Å². The van der Waals surface area contributed by atoms with E-state index in [1.54, 1.807) is 0 Å². The van der Waals surface area contributed by atoms with Crippen LogP contribution in [-0.4, -0.2) is 5.78 Å². The van der Waals surface area contributed by atoms with Crippen molar-refractivity contribution >= 4 is 16.6 Å². The SMILES string of the molecule is NC1(C(=O)c2ccccc2)CCCc2c1ccc1ccccc21. The topological polar surface area (TPSA) is 43.1 Å². The van der Waals surface area contributed by atoms with E-state index in [1.807, 2.05) is 36.4 Å². The summed E-state index contributed by atoms with van der Waals surface area (Å²) in [6, 6.07) is 21.9. The van der Waals surface area contributed by atoms with Gasteiger partial charge < -0.3 is 5.73 Å². The van der Waals surface area contributed by atoms with Gasteiger partial charge >= 0.3 is 0 Å². The first-order valence-corrected chi connectivity index (χ1v) is 8.10. The van der Waals surface area contributed by atoms with Gasteiger partial charge in [-0.25, -0.2) is 0 Å². The van der Waals surface area contributed by atoms with E-state index in [-0.39, 0.29) is 5.78 Å². The fourth-order valence-electron chi connectivity index (χ4n) is 3.78. The Morgan fingerprint density at radius 2 is 1.65 bits per heavy atom. The lowest BCUT2D eigenvalue weighted by Crippen LogP contribution is -2.47. The summed E-state index contributed by atoms with van der Waals surface area (Å²) >= 11 is 0. The Balaban J connectivity index is 1.90. The van der Waals surface area contributed by atoms with E-state index in [9.17, 15) is 4.79 Å². The number of carbonyl (C=O) groups is 1. The molecular formula is C21H19NO. The molecule has 0 bridgehead atoms. The van der Waals surface area contributed by atoms with E-state index in [2.05, 4.69) is 30.3 Å². The van der Waals surface area contributed by atoms with Crippen LogP contribution in [0.15, 0.2) is 66.7 Å². The normalized spacial score (nSPS) is 20.2. The lowest BCUT2D eigenvalue weighted by atomic mass is 9.72. The van der Waals surface area contributed by atoms with E-state index in [0.717, 1.165) is 18.4 Å². The lowest BCUT2D eigenvalue weighted by molar-refractivity contribution is 0.0869. The molecule has 1 aliphatic rings. The van der Waals surface area contributed by atoms with Crippen LogP contribution >= 0.6 is 0 Å². The van der Waals surface area contributed by atoms with Crippen molar-refractivity contribution in [3.05, 3.63) is 83.4 Å². The van der Waals surface area contributed by atoms with Gasteiger partial charge in [-0.1, -0.05) is 66.7 Å². The third-order valence-electron chi connectivity index (χ3n) is 4.96. The third-order valence-corrected chi connectivity index (χ3v) is 4.96. The molecule has 23 heavy (non-hydrogen) atoms. The van der Waals surface area contributed by atoms with Gasteiger partial charge in [0.15, 0.2) is 5.78 Å². The number of ketones is 1. The molecule has 0 aromatic heterocycles. The fraction of sp³-hybridized carbons (Fsp3) is 0.190. The minimum Gasteiger partial charge on any atom is -0.315 e. The maximum Gasteiger partial charge on any atom is 0.187 e. The summed E-state index contributed by atoms with van der Waals surface area (Å²) in [6.07, 6.45) is 2.62. The number of carbonyl (C=O) groups excluding carboxylic acids is 1. The predicted molar refractivity (Wildman–Crippen MR) is 93.5 cm³/mol. The second-order valence-electron chi connectivity index (χ2n) is 6.33. The van der Waals surface area contributed by atoms with Crippen LogP contribution in [0.2, 0.25) is 0 Å². The van der Waals surface area contributed by atoms with Crippen molar-refractivity contribution in [3.8, 4) is 0 Å². The molecule has 3 aromatic rings. The van der Waals surface area contributed by atoms with Crippen molar-refractivity contribution in [1.29, 1.82) is 0 Å². The lowest BCUT2D eigenvalue weighted by Gasteiger charge is -2.35. The van der Waals surface area contributed by atoms with E-state index < -0.39 is 5.54 Å². The minimum absolute atomic E-state index is 0.0225. The smallest absolute Gasteiger partial charge is 0.187 e. The maximum absolute atomic E-state index is 13.1. The Kier molecular flexibility index (Phi) is 3.28. The van der Waals surface area contributed by atoms with Crippen molar-refractivity contribution in [3.63, 3.8) is 0 Å². The average molecular weight is 301 g/mol. The van der Waals surface area contributed by atoms with Crippen molar-refractivity contribution in [1.82, 2.24) is 0 Å². The quantitative estimate of drug-likeness (QED) is 0.720. The van der Waals surface area contributed by atoms with Crippen LogP contribution in [-0.2, 0) is 12.0 Å². The van der Waals surface area contributed by atoms with Crippen LogP contribution in [0.25, 0.3) is 10.8 Å². The molecule has 1 unspecified atom stereocenters. The van der Waals surface area contributed by atoms with Crippen LogP contribution < -0.4 is 5.73 Å². The number of rotatable bonds is 2. The predicted octanol–water partition coefficient (Wildman–Crippen LogP) is 4.21. The van der Waals surface area contributed by atoms with Gasteiger partial charge in [-0.2, -0.15) is 0 Å². The Morgan fingerprint density at radius 1 is 0.913 bits per heavy atom. The molecule has 0 radical (unpaired) electrons. The second-order valence-corrected chi connectivity index (χ2v) is 6.33. The molecule has 1 aliphatic carbocycles. The van der Waals surface area contributed by atoms with Gasteiger partial charge in [-0.05, 0) is 41.2 Å². The number of benzene rings is 3. The molecule has 0 saturated heterocycles. The molecule has 2 heteroatoms. The Labute approximate surface area is 135 Å². The summed E-state index contributed by atoms with van der Waals surface area (Å²) in [5.74, 6) is 0.0225. The maximum atomic E-state index is 13.1. The molecule has 4 rings (SSSR count). The van der Waals surface area contributed by atoms with Gasteiger partial charge in [0.25, 0.3) is 0 Å². The number of hydrogen-bond donors (Lipinski definition) is 1. The highest BCUT2D eigenvalue weighted by Gasteiger charge is 2.40. The highest BCUT2D eigenvalue weighted by Crippen LogP contribution is 2.39. The number of fused-ring (bicyclic) bond motifs is 3. The van der Waals surface area contributed by atoms with Crippen LogP contribution in [0.5, 0.6) is 0 Å². The van der Waals surface area contributed by atoms with Crippen molar-refractivity contribution in [2.75, 3.05) is 0 Å². The number of hydrogen-bond acceptors (Lipinski definition) is 2. The minimum atomic E-state index is -0.918. The van der Waals surface area contributed by atoms with Crippen molar-refractivity contribution in [2.24, 2.45) is 5.73 Å². The third kappa shape index (κ3) is 2.18. The summed E-state index contributed by atoms with van der Waals surface area (Å²) in [5.41, 5.74) is 8.69. The zero-order chi connectivity index (χ0) is 15.9. The molecule has 2 nitrogen and oxygen atoms in total. The van der Waals surface area contributed by atoms with Gasteiger partial charge in [-0.3, -0.25) is 4.79 Å². The first-order chi connectivity index (χ1) is 11.2. The second kappa shape index (κ2) is 5.32. The van der Waals surface area contributed by atoms with Gasteiger partial charge in [0.05, 0.1) is 0 Å². The molecule has 3 aromatic carbocycles. The highest BCUT2D eigenvalue weighted by atomic mass is 16.1. The summed E-state index contributed by atoms with van der Waals surface area (Å²) in [6.45, 7) is 0. The molecule has 114 valence electrons. The van der Waals surface area contributed by atoms with Crippen LogP contribution in [0.1, 0.15) is 34.3 Å². The molecule has 0 aliphatic heterocycles. The zero-order valence-corrected chi connectivity index (χ0v) is 13.0. The van der Waals surface area contributed by atoms with Gasteiger partial charge in [0.2, 0.25) is 0 Å². The van der Waals surface area contributed by atoms with Crippen molar-refractivity contribution < 1.29 is 4.79 Å². The molecule has 0 fully saturated rings. The van der Waals surface area contributed by atoms with Crippen molar-refractivity contribution in [2.45, 2.75) is 24.8 Å². The standard InChI is InChI=1S/C21H19NO/c22-21(20(23)16-8-2-1-3-9-16)14-6-11-18-17-10-5-4-7-15(17)12-13-19(18)21/h1-5,7-10,12-13H,6,11,14,22H2. The number of aryl methyl sites for hydroxylation is 1. The Bertz CT molecular complexity index is 885. The molecule has 0 heterocycles. The Hall–Kier alpha value is -2.45. The van der Waals surface area contributed by atoms with E-state index in [4.69, 9.17) is 5.73 Å².